The molecule has 10 nitrogen and oxygen atoms in total. The van der Waals surface area contributed by atoms with E-state index < -0.39 is 45.4 Å². The summed E-state index contributed by atoms with van der Waals surface area (Å²) < 4.78 is 79.7. The SMILES string of the molecule is O=S([O-])OS(=O)[O-].O=S([O-])OS(=O)[O-].[W+4]. The summed E-state index contributed by atoms with van der Waals surface area (Å²) in [6, 6.07) is 0. The molecule has 0 saturated carbocycles. The first-order valence-corrected chi connectivity index (χ1v) is 6.00. The summed E-state index contributed by atoms with van der Waals surface area (Å²) in [4.78, 5) is 0. The Morgan fingerprint density at radius 2 is 0.733 bits per heavy atom. The Morgan fingerprint density at radius 1 is 0.600 bits per heavy atom. The summed E-state index contributed by atoms with van der Waals surface area (Å²) in [5, 5.41) is 0. The van der Waals surface area contributed by atoms with Gasteiger partial charge in [-0.05, 0) is 0 Å². The molecule has 0 unspecified atom stereocenters. The summed E-state index contributed by atoms with van der Waals surface area (Å²) >= 11 is -11.8. The molecule has 0 aromatic rings. The average molecular weight is 472 g/mol. The van der Waals surface area contributed by atoms with Crippen molar-refractivity contribution < 1.29 is 63.4 Å². The van der Waals surface area contributed by atoms with Crippen LogP contribution in [0.1, 0.15) is 0 Å². The smallest absolute Gasteiger partial charge is 0.749 e. The van der Waals surface area contributed by atoms with Gasteiger partial charge in [0.05, 0.1) is 45.4 Å². The van der Waals surface area contributed by atoms with Gasteiger partial charge in [0.25, 0.3) is 0 Å². The molecule has 0 aliphatic rings. The molecule has 0 aromatic heterocycles. The normalized spacial score (nSPS) is 17.3. The van der Waals surface area contributed by atoms with Crippen molar-refractivity contribution in [3.8, 4) is 0 Å². The van der Waals surface area contributed by atoms with E-state index in [-0.39, 0.29) is 21.1 Å². The maximum Gasteiger partial charge on any atom is 4.00 e. The predicted molar refractivity (Wildman–Crippen MR) is 37.8 cm³/mol. The van der Waals surface area contributed by atoms with E-state index in [9.17, 15) is 35.0 Å². The van der Waals surface area contributed by atoms with Crippen molar-refractivity contribution in [2.24, 2.45) is 0 Å². The zero-order valence-corrected chi connectivity index (χ0v) is 12.3. The molecule has 0 fully saturated rings. The Bertz CT molecular complexity index is 196. The van der Waals surface area contributed by atoms with Crippen LogP contribution in [-0.4, -0.2) is 35.0 Å². The van der Waals surface area contributed by atoms with Crippen LogP contribution in [0.3, 0.4) is 0 Å². The van der Waals surface area contributed by atoms with Gasteiger partial charge in [-0.25, -0.2) is 24.1 Å². The molecule has 0 rings (SSSR count). The van der Waals surface area contributed by atoms with E-state index in [2.05, 4.69) is 7.26 Å². The molecule has 0 aromatic carbocycles. The maximum absolute atomic E-state index is 9.19. The van der Waals surface area contributed by atoms with E-state index in [0.717, 1.165) is 0 Å². The Balaban J connectivity index is -0.000000180. The summed E-state index contributed by atoms with van der Waals surface area (Å²) in [7, 11) is 0. The number of hydrogen-bond donors (Lipinski definition) is 0. The van der Waals surface area contributed by atoms with Gasteiger partial charge in [-0.2, -0.15) is 0 Å². The monoisotopic (exact) mass is 472 g/mol. The molecule has 90 valence electrons. The largest absolute Gasteiger partial charge is 4.00 e. The first-order chi connectivity index (χ1) is 6.25. The second kappa shape index (κ2) is 13.1. The zero-order chi connectivity index (χ0) is 11.7. The Labute approximate surface area is 108 Å². The van der Waals surface area contributed by atoms with Crippen LogP contribution < -0.4 is 0 Å². The molecule has 0 aliphatic carbocycles. The van der Waals surface area contributed by atoms with E-state index in [1.807, 2.05) is 0 Å². The topological polar surface area (TPSA) is 179 Å². The van der Waals surface area contributed by atoms with Crippen LogP contribution in [0, 0.1) is 0 Å². The Morgan fingerprint density at radius 3 is 0.733 bits per heavy atom. The molecule has 15 heavy (non-hydrogen) atoms. The van der Waals surface area contributed by atoms with Gasteiger partial charge in [-0.15, -0.1) is 0 Å². The fourth-order valence-corrected chi connectivity index (χ4v) is 0.816. The minimum absolute atomic E-state index is 0. The summed E-state index contributed by atoms with van der Waals surface area (Å²) in [6.07, 6.45) is 0. The second-order valence-electron chi connectivity index (χ2n) is 0.953. The fourth-order valence-electron chi connectivity index (χ4n) is 0.0907. The maximum atomic E-state index is 9.19. The van der Waals surface area contributed by atoms with E-state index in [4.69, 9.17) is 0 Å². The molecule has 0 saturated heterocycles. The van der Waals surface area contributed by atoms with Gasteiger partial charge in [0.2, 0.25) is 0 Å². The minimum atomic E-state index is -2.96. The van der Waals surface area contributed by atoms with Crippen molar-refractivity contribution >= 4 is 45.4 Å². The van der Waals surface area contributed by atoms with Gasteiger partial charge >= 0.3 is 21.1 Å². The summed E-state index contributed by atoms with van der Waals surface area (Å²) in [5.74, 6) is 0. The van der Waals surface area contributed by atoms with Gasteiger partial charge < -0.3 is 18.2 Å². The Kier molecular flexibility index (Phi) is 18.7. The van der Waals surface area contributed by atoms with E-state index in [1.54, 1.807) is 0 Å². The molecule has 0 radical (unpaired) electrons. The van der Waals surface area contributed by atoms with Gasteiger partial charge in [-0.3, -0.25) is 0 Å². The van der Waals surface area contributed by atoms with Crippen LogP contribution in [0.25, 0.3) is 0 Å². The summed E-state index contributed by atoms with van der Waals surface area (Å²) in [5.41, 5.74) is 0. The van der Waals surface area contributed by atoms with Gasteiger partial charge in [0.1, 0.15) is 0 Å². The fraction of sp³-hybridized carbons (Fsp3) is 0. The molecule has 0 heterocycles. The Hall–Kier alpha value is 1.05. The van der Waals surface area contributed by atoms with Crippen molar-refractivity contribution in [3.63, 3.8) is 0 Å². The first kappa shape index (κ1) is 21.3. The molecular weight excluding hydrogens is 472 g/mol. The van der Waals surface area contributed by atoms with Crippen molar-refractivity contribution in [1.82, 2.24) is 0 Å². The van der Waals surface area contributed by atoms with Crippen LogP contribution in [0.5, 0.6) is 0 Å². The predicted octanol–water partition coefficient (Wildman–Crippen LogP) is -2.82. The molecule has 0 spiro atoms. The van der Waals surface area contributed by atoms with Crippen LogP contribution >= 0.6 is 0 Å². The number of hydrogen-bond acceptors (Lipinski definition) is 10. The van der Waals surface area contributed by atoms with E-state index >= 15 is 0 Å². The van der Waals surface area contributed by atoms with Crippen LogP contribution in [0.15, 0.2) is 0 Å². The molecule has 15 heteroatoms. The van der Waals surface area contributed by atoms with Crippen LogP contribution in [-0.2, 0) is 73.8 Å². The average Bonchev–Trinajstić information content (AvgIpc) is 1.79. The van der Waals surface area contributed by atoms with Crippen molar-refractivity contribution in [2.75, 3.05) is 0 Å². The van der Waals surface area contributed by atoms with Crippen molar-refractivity contribution in [2.45, 2.75) is 0 Å². The molecule has 0 aliphatic heterocycles. The van der Waals surface area contributed by atoms with Gasteiger partial charge in [0.15, 0.2) is 0 Å². The number of rotatable bonds is 4. The minimum Gasteiger partial charge on any atom is -0.749 e. The zero-order valence-electron chi connectivity index (χ0n) is 6.12. The molecule has 0 atom stereocenters. The molecule has 0 N–H and O–H groups in total. The third kappa shape index (κ3) is 31.3. The second-order valence-corrected chi connectivity index (χ2v) is 3.67. The third-order valence-corrected chi connectivity index (χ3v) is 2.00. The van der Waals surface area contributed by atoms with E-state index in [1.165, 1.54) is 0 Å². The molecule has 0 bridgehead atoms. The first-order valence-electron chi connectivity index (χ1n) is 2.00. The van der Waals surface area contributed by atoms with Crippen molar-refractivity contribution in [1.29, 1.82) is 0 Å². The third-order valence-electron chi connectivity index (χ3n) is 0.222. The van der Waals surface area contributed by atoms with Gasteiger partial charge in [-0.1, -0.05) is 0 Å². The molecule has 0 amide bonds. The van der Waals surface area contributed by atoms with Crippen LogP contribution in [0.4, 0.5) is 0 Å². The van der Waals surface area contributed by atoms with Gasteiger partial charge in [0, 0.05) is 0 Å². The standard InChI is InChI=1S/2H2O5S2.W/c2*1-6(2)5-7(3)4;/h2*(H,1,2)(H,3,4);/q;;+4/p-4. The van der Waals surface area contributed by atoms with Crippen molar-refractivity contribution in [3.05, 3.63) is 0 Å². The quantitative estimate of drug-likeness (QED) is 0.388. The van der Waals surface area contributed by atoms with E-state index in [0.29, 0.717) is 0 Å². The molecular formula is O10S4W. The summed E-state index contributed by atoms with van der Waals surface area (Å²) in [6.45, 7) is 0. The van der Waals surface area contributed by atoms with Crippen LogP contribution in [0.2, 0.25) is 0 Å².